The Hall–Kier alpha value is -1.80. The van der Waals surface area contributed by atoms with Crippen LogP contribution in [0.1, 0.15) is 18.9 Å². The van der Waals surface area contributed by atoms with Crippen LogP contribution in [0.2, 0.25) is 5.02 Å². The third kappa shape index (κ3) is 5.40. The molecule has 1 aromatic rings. The highest BCUT2D eigenvalue weighted by atomic mass is 35.5. The highest BCUT2D eigenvalue weighted by Gasteiger charge is 2.40. The van der Waals surface area contributed by atoms with Crippen molar-refractivity contribution < 1.29 is 32.6 Å². The normalized spacial score (nSPS) is 14.1. The maximum absolute atomic E-state index is 12.0. The molecule has 0 heterocycles. The molecule has 1 aromatic carbocycles. The van der Waals surface area contributed by atoms with Gasteiger partial charge in [0.2, 0.25) is 5.91 Å². The quantitative estimate of drug-likeness (QED) is 0.790. The second-order valence-corrected chi connectivity index (χ2v) is 5.16. The van der Waals surface area contributed by atoms with Gasteiger partial charge in [-0.1, -0.05) is 30.7 Å². The lowest BCUT2D eigenvalue weighted by Crippen LogP contribution is -2.52. The summed E-state index contributed by atoms with van der Waals surface area (Å²) in [6.07, 6.45) is -4.58. The smallest absolute Gasteiger partial charge is 0.411 e. The summed E-state index contributed by atoms with van der Waals surface area (Å²) in [6, 6.07) is 5.76. The average molecular weight is 354 g/mol. The zero-order valence-corrected chi connectivity index (χ0v) is 12.9. The molecule has 0 spiro atoms. The minimum absolute atomic E-state index is 0.0189. The number of halogens is 4. The molecule has 0 bridgehead atoms. The Labute approximate surface area is 135 Å². The van der Waals surface area contributed by atoms with Gasteiger partial charge in [-0.15, -0.1) is 0 Å². The SMILES string of the molecule is CCC(NC(=O)COCC(F)(F)F)(C(=O)O)c1ccc(Cl)cc1. The lowest BCUT2D eigenvalue weighted by Gasteiger charge is -2.30. The van der Waals surface area contributed by atoms with E-state index in [2.05, 4.69) is 10.1 Å². The van der Waals surface area contributed by atoms with Crippen LogP contribution < -0.4 is 5.32 Å². The molecule has 0 radical (unpaired) electrons. The second-order valence-electron chi connectivity index (χ2n) is 4.73. The van der Waals surface area contributed by atoms with Gasteiger partial charge in [0.15, 0.2) is 5.54 Å². The molecule has 9 heteroatoms. The predicted molar refractivity (Wildman–Crippen MR) is 76.1 cm³/mol. The van der Waals surface area contributed by atoms with E-state index in [1.807, 2.05) is 0 Å². The molecule has 1 rings (SSSR count). The summed E-state index contributed by atoms with van der Waals surface area (Å²) in [5, 5.41) is 12.1. The fourth-order valence-corrected chi connectivity index (χ4v) is 2.09. The number of amides is 1. The minimum Gasteiger partial charge on any atom is -0.479 e. The Kier molecular flexibility index (Phi) is 6.40. The summed E-state index contributed by atoms with van der Waals surface area (Å²) in [7, 11) is 0. The zero-order chi connectivity index (χ0) is 17.7. The largest absolute Gasteiger partial charge is 0.479 e. The van der Waals surface area contributed by atoms with E-state index in [9.17, 15) is 27.9 Å². The number of hydrogen-bond donors (Lipinski definition) is 2. The van der Waals surface area contributed by atoms with E-state index in [1.54, 1.807) is 0 Å². The monoisotopic (exact) mass is 353 g/mol. The van der Waals surface area contributed by atoms with Crippen molar-refractivity contribution in [1.29, 1.82) is 0 Å². The lowest BCUT2D eigenvalue weighted by atomic mass is 9.87. The molecule has 2 N–H and O–H groups in total. The lowest BCUT2D eigenvalue weighted by molar-refractivity contribution is -0.176. The number of carbonyl (C=O) groups is 2. The first-order chi connectivity index (χ1) is 10.6. The van der Waals surface area contributed by atoms with Gasteiger partial charge in [-0.25, -0.2) is 4.79 Å². The van der Waals surface area contributed by atoms with Crippen LogP contribution in [-0.2, 0) is 19.9 Å². The fraction of sp³-hybridized carbons (Fsp3) is 0.429. The minimum atomic E-state index is -4.56. The summed E-state index contributed by atoms with van der Waals surface area (Å²) in [5.41, 5.74) is -1.52. The average Bonchev–Trinajstić information content (AvgIpc) is 2.44. The molecule has 1 amide bonds. The number of carbonyl (C=O) groups excluding carboxylic acids is 1. The van der Waals surface area contributed by atoms with E-state index >= 15 is 0 Å². The molecule has 1 atom stereocenters. The number of carboxylic acid groups (broad SMARTS) is 1. The Balaban J connectivity index is 2.89. The van der Waals surface area contributed by atoms with Crippen molar-refractivity contribution in [3.05, 3.63) is 34.9 Å². The predicted octanol–water partition coefficient (Wildman–Crippen LogP) is 2.73. The molecule has 0 aromatic heterocycles. The maximum Gasteiger partial charge on any atom is 0.411 e. The summed E-state index contributed by atoms with van der Waals surface area (Å²) >= 11 is 5.74. The Morgan fingerprint density at radius 2 is 1.83 bits per heavy atom. The van der Waals surface area contributed by atoms with Gasteiger partial charge in [0.25, 0.3) is 0 Å². The number of ether oxygens (including phenoxy) is 1. The van der Waals surface area contributed by atoms with E-state index in [1.165, 1.54) is 31.2 Å². The van der Waals surface area contributed by atoms with E-state index in [-0.39, 0.29) is 12.0 Å². The zero-order valence-electron chi connectivity index (χ0n) is 12.1. The number of nitrogens with one attached hydrogen (secondary N) is 1. The molecule has 23 heavy (non-hydrogen) atoms. The van der Waals surface area contributed by atoms with Gasteiger partial charge in [0, 0.05) is 5.02 Å². The Bertz CT molecular complexity index is 562. The highest BCUT2D eigenvalue weighted by molar-refractivity contribution is 6.30. The Morgan fingerprint density at radius 1 is 1.26 bits per heavy atom. The van der Waals surface area contributed by atoms with E-state index in [0.29, 0.717) is 5.02 Å². The van der Waals surface area contributed by atoms with Crippen LogP contribution >= 0.6 is 11.6 Å². The summed E-state index contributed by atoms with van der Waals surface area (Å²) in [4.78, 5) is 23.4. The Morgan fingerprint density at radius 3 is 2.26 bits per heavy atom. The van der Waals surface area contributed by atoms with Crippen LogP contribution in [0.5, 0.6) is 0 Å². The fourth-order valence-electron chi connectivity index (χ4n) is 1.96. The molecule has 0 saturated carbocycles. The van der Waals surface area contributed by atoms with Crippen molar-refractivity contribution in [1.82, 2.24) is 5.32 Å². The first-order valence-electron chi connectivity index (χ1n) is 6.55. The van der Waals surface area contributed by atoms with E-state index in [0.717, 1.165) is 0 Å². The standard InChI is InChI=1S/C14H15ClF3NO4/c1-2-13(12(21)22,9-3-5-10(15)6-4-9)19-11(20)7-23-8-14(16,17)18/h3-6H,2,7-8H2,1H3,(H,19,20)(H,21,22). The van der Waals surface area contributed by atoms with Crippen molar-refractivity contribution in [2.45, 2.75) is 25.1 Å². The molecular weight excluding hydrogens is 339 g/mol. The third-order valence-electron chi connectivity index (χ3n) is 3.08. The van der Waals surface area contributed by atoms with Gasteiger partial charge in [-0.05, 0) is 24.1 Å². The van der Waals surface area contributed by atoms with Crippen LogP contribution in [-0.4, -0.2) is 36.4 Å². The van der Waals surface area contributed by atoms with E-state index in [4.69, 9.17) is 11.6 Å². The van der Waals surface area contributed by atoms with Crippen LogP contribution in [0.3, 0.4) is 0 Å². The summed E-state index contributed by atoms with van der Waals surface area (Å²) in [6.45, 7) is -0.963. The van der Waals surface area contributed by atoms with Gasteiger partial charge in [-0.3, -0.25) is 4.79 Å². The van der Waals surface area contributed by atoms with Crippen LogP contribution in [0.4, 0.5) is 13.2 Å². The molecule has 0 aliphatic rings. The number of aliphatic carboxylic acids is 1. The van der Waals surface area contributed by atoms with Gasteiger partial charge in [0.1, 0.15) is 13.2 Å². The van der Waals surface area contributed by atoms with Crippen LogP contribution in [0, 0.1) is 0 Å². The van der Waals surface area contributed by atoms with Crippen molar-refractivity contribution in [3.8, 4) is 0 Å². The number of hydrogen-bond acceptors (Lipinski definition) is 3. The van der Waals surface area contributed by atoms with Gasteiger partial charge < -0.3 is 15.2 Å². The van der Waals surface area contributed by atoms with Crippen molar-refractivity contribution in [2.24, 2.45) is 0 Å². The van der Waals surface area contributed by atoms with Crippen molar-refractivity contribution >= 4 is 23.5 Å². The van der Waals surface area contributed by atoms with Crippen molar-refractivity contribution in [3.63, 3.8) is 0 Å². The van der Waals surface area contributed by atoms with Crippen LogP contribution in [0.25, 0.3) is 0 Å². The summed E-state index contributed by atoms with van der Waals surface area (Å²) < 4.78 is 40.2. The summed E-state index contributed by atoms with van der Waals surface area (Å²) in [5.74, 6) is -2.31. The molecule has 0 aliphatic heterocycles. The number of alkyl halides is 3. The van der Waals surface area contributed by atoms with Crippen LogP contribution in [0.15, 0.2) is 24.3 Å². The maximum atomic E-state index is 12.0. The van der Waals surface area contributed by atoms with E-state index < -0.39 is 36.8 Å². The number of rotatable bonds is 7. The second kappa shape index (κ2) is 7.65. The molecular formula is C14H15ClF3NO4. The van der Waals surface area contributed by atoms with Crippen molar-refractivity contribution in [2.75, 3.05) is 13.2 Å². The third-order valence-corrected chi connectivity index (χ3v) is 3.34. The molecule has 128 valence electrons. The van der Waals surface area contributed by atoms with Gasteiger partial charge >= 0.3 is 12.1 Å². The van der Waals surface area contributed by atoms with Gasteiger partial charge in [-0.2, -0.15) is 13.2 Å². The topological polar surface area (TPSA) is 75.6 Å². The molecule has 0 aliphatic carbocycles. The highest BCUT2D eigenvalue weighted by Crippen LogP contribution is 2.27. The number of carboxylic acids is 1. The molecule has 5 nitrogen and oxygen atoms in total. The first-order valence-corrected chi connectivity index (χ1v) is 6.93. The number of benzene rings is 1. The molecule has 1 unspecified atom stereocenters. The van der Waals surface area contributed by atoms with Gasteiger partial charge in [0.05, 0.1) is 0 Å². The molecule has 0 saturated heterocycles. The first kappa shape index (κ1) is 19.2. The molecule has 0 fully saturated rings.